The minimum Gasteiger partial charge on any atom is -0.481 e. The van der Waals surface area contributed by atoms with Crippen molar-refractivity contribution < 1.29 is 44.4 Å². The van der Waals surface area contributed by atoms with Crippen molar-refractivity contribution in [2.45, 2.75) is 75.9 Å². The van der Waals surface area contributed by atoms with Crippen molar-refractivity contribution in [3.8, 4) is 0 Å². The number of nitrogens with zero attached hydrogens (tertiary/aromatic N) is 1. The number of aliphatic hydroxyl groups is 2. The van der Waals surface area contributed by atoms with E-state index in [1.165, 1.54) is 11.8 Å². The van der Waals surface area contributed by atoms with Crippen LogP contribution in [0.25, 0.3) is 0 Å². The summed E-state index contributed by atoms with van der Waals surface area (Å²) >= 11 is 0. The van der Waals surface area contributed by atoms with Gasteiger partial charge in [-0.25, -0.2) is 4.79 Å². The third kappa shape index (κ3) is 7.45. The van der Waals surface area contributed by atoms with Crippen molar-refractivity contribution in [1.82, 2.24) is 15.5 Å². The maximum Gasteiger partial charge on any atom is 0.328 e. The number of carbonyl (C=O) groups is 5. The van der Waals surface area contributed by atoms with Crippen molar-refractivity contribution in [1.29, 1.82) is 0 Å². The average molecular weight is 446 g/mol. The average Bonchev–Trinajstić information content (AvgIpc) is 3.16. The van der Waals surface area contributed by atoms with E-state index in [0.717, 1.165) is 6.92 Å². The molecule has 1 rings (SSSR count). The number of nitrogens with one attached hydrogen (secondary N) is 2. The second-order valence-electron chi connectivity index (χ2n) is 7.52. The fraction of sp³-hybridized carbons (Fsp3) is 0.722. The van der Waals surface area contributed by atoms with Crippen molar-refractivity contribution >= 4 is 29.7 Å². The topological polar surface area (TPSA) is 220 Å². The number of nitrogens with two attached hydrogens (primary N) is 1. The third-order valence-electron chi connectivity index (χ3n) is 4.93. The molecule has 0 aromatic heterocycles. The van der Waals surface area contributed by atoms with Crippen LogP contribution in [0, 0.1) is 0 Å². The van der Waals surface area contributed by atoms with Crippen molar-refractivity contribution in [2.24, 2.45) is 5.73 Å². The number of carboxylic acid groups (broad SMARTS) is 2. The fourth-order valence-electron chi connectivity index (χ4n) is 3.20. The summed E-state index contributed by atoms with van der Waals surface area (Å²) in [6, 6.07) is -5.28. The Kier molecular flexibility index (Phi) is 9.81. The van der Waals surface area contributed by atoms with Gasteiger partial charge in [0.15, 0.2) is 6.04 Å². The second kappa shape index (κ2) is 11.6. The second-order valence-corrected chi connectivity index (χ2v) is 7.52. The number of hydrogen-bond donors (Lipinski definition) is 7. The molecule has 6 atom stereocenters. The van der Waals surface area contributed by atoms with Gasteiger partial charge in [-0.2, -0.15) is 0 Å². The standard InChI is InChI=1S/C18H30N4O9/c1-8(23)13(16(28)21-14(9(2)24)18(30)31)20-15(27)11-4-3-7-22(11)17(29)10(19)5-6-12(25)26/h8-11,13-14,23-24H,3-7,19H2,1-2H3,(H,20,27)(H,21,28)(H,25,26)(H,30,31). The van der Waals surface area contributed by atoms with Gasteiger partial charge in [0.25, 0.3) is 0 Å². The summed E-state index contributed by atoms with van der Waals surface area (Å²) in [6.45, 7) is 2.58. The van der Waals surface area contributed by atoms with Crippen LogP contribution in [-0.4, -0.2) is 97.9 Å². The molecule has 0 aliphatic carbocycles. The summed E-state index contributed by atoms with van der Waals surface area (Å²) in [4.78, 5) is 60.7. The molecule has 1 saturated heterocycles. The molecule has 31 heavy (non-hydrogen) atoms. The summed E-state index contributed by atoms with van der Waals surface area (Å²) in [5, 5.41) is 41.6. The lowest BCUT2D eigenvalue weighted by atomic mass is 10.1. The molecule has 13 nitrogen and oxygen atoms in total. The molecule has 1 fully saturated rings. The lowest BCUT2D eigenvalue weighted by molar-refractivity contribution is -0.146. The summed E-state index contributed by atoms with van der Waals surface area (Å²) in [6.07, 6.45) is -2.51. The first-order valence-electron chi connectivity index (χ1n) is 9.84. The molecule has 3 amide bonds. The number of likely N-dealkylation sites (tertiary alicyclic amines) is 1. The maximum atomic E-state index is 12.7. The lowest BCUT2D eigenvalue weighted by Gasteiger charge is -2.29. The molecule has 6 unspecified atom stereocenters. The Morgan fingerprint density at radius 2 is 1.61 bits per heavy atom. The Bertz CT molecular complexity index is 698. The molecule has 1 aliphatic rings. The molecule has 8 N–H and O–H groups in total. The zero-order chi connectivity index (χ0) is 23.9. The molecule has 0 aromatic carbocycles. The Morgan fingerprint density at radius 3 is 2.10 bits per heavy atom. The normalized spacial score (nSPS) is 20.8. The number of hydrogen-bond acceptors (Lipinski definition) is 8. The van der Waals surface area contributed by atoms with Gasteiger partial charge in [-0.05, 0) is 33.1 Å². The highest BCUT2D eigenvalue weighted by atomic mass is 16.4. The van der Waals surface area contributed by atoms with E-state index in [1.807, 2.05) is 0 Å². The number of carboxylic acids is 2. The number of rotatable bonds is 11. The third-order valence-corrected chi connectivity index (χ3v) is 4.93. The van der Waals surface area contributed by atoms with E-state index in [2.05, 4.69) is 10.6 Å². The van der Waals surface area contributed by atoms with E-state index < -0.39 is 66.0 Å². The minimum absolute atomic E-state index is 0.104. The van der Waals surface area contributed by atoms with E-state index in [1.54, 1.807) is 0 Å². The number of carbonyl (C=O) groups excluding carboxylic acids is 3. The first-order valence-corrected chi connectivity index (χ1v) is 9.84. The molecular formula is C18H30N4O9. The van der Waals surface area contributed by atoms with Crippen LogP contribution in [0.3, 0.4) is 0 Å². The van der Waals surface area contributed by atoms with Gasteiger partial charge in [-0.1, -0.05) is 0 Å². The lowest BCUT2D eigenvalue weighted by Crippen LogP contribution is -2.60. The van der Waals surface area contributed by atoms with Crippen molar-refractivity contribution in [2.75, 3.05) is 6.54 Å². The first kappa shape index (κ1) is 26.3. The molecule has 0 spiro atoms. The van der Waals surface area contributed by atoms with E-state index in [-0.39, 0.29) is 25.8 Å². The first-order chi connectivity index (χ1) is 14.4. The Labute approximate surface area is 178 Å². The van der Waals surface area contributed by atoms with E-state index in [0.29, 0.717) is 6.42 Å². The van der Waals surface area contributed by atoms with Crippen LogP contribution in [0.4, 0.5) is 0 Å². The Hall–Kier alpha value is -2.77. The van der Waals surface area contributed by atoms with Crippen LogP contribution in [0.1, 0.15) is 39.5 Å². The van der Waals surface area contributed by atoms with E-state index in [4.69, 9.17) is 15.9 Å². The highest BCUT2D eigenvalue weighted by molar-refractivity contribution is 5.94. The van der Waals surface area contributed by atoms with Crippen LogP contribution in [0.5, 0.6) is 0 Å². The van der Waals surface area contributed by atoms with Gasteiger partial charge < -0.3 is 41.7 Å². The number of aliphatic hydroxyl groups excluding tert-OH is 2. The zero-order valence-corrected chi connectivity index (χ0v) is 17.4. The van der Waals surface area contributed by atoms with Crippen molar-refractivity contribution in [3.05, 3.63) is 0 Å². The van der Waals surface area contributed by atoms with Gasteiger partial charge >= 0.3 is 11.9 Å². The van der Waals surface area contributed by atoms with Crippen LogP contribution < -0.4 is 16.4 Å². The zero-order valence-electron chi connectivity index (χ0n) is 17.4. The van der Waals surface area contributed by atoms with Gasteiger partial charge in [0, 0.05) is 13.0 Å². The summed E-state index contributed by atoms with van der Waals surface area (Å²) in [5.74, 6) is -4.98. The maximum absolute atomic E-state index is 12.7. The molecule has 0 aromatic rings. The van der Waals surface area contributed by atoms with Gasteiger partial charge in [0.1, 0.15) is 12.1 Å². The van der Waals surface area contributed by atoms with Crippen LogP contribution in [0.15, 0.2) is 0 Å². The van der Waals surface area contributed by atoms with Gasteiger partial charge in [-0.3, -0.25) is 19.2 Å². The number of aliphatic carboxylic acids is 2. The monoisotopic (exact) mass is 446 g/mol. The Morgan fingerprint density at radius 1 is 1.03 bits per heavy atom. The molecule has 13 heteroatoms. The molecule has 0 saturated carbocycles. The summed E-state index contributed by atoms with van der Waals surface area (Å²) in [7, 11) is 0. The van der Waals surface area contributed by atoms with Crippen LogP contribution in [0.2, 0.25) is 0 Å². The minimum atomic E-state index is -1.65. The largest absolute Gasteiger partial charge is 0.481 e. The van der Waals surface area contributed by atoms with Crippen LogP contribution >= 0.6 is 0 Å². The molecule has 1 aliphatic heterocycles. The van der Waals surface area contributed by atoms with E-state index >= 15 is 0 Å². The van der Waals surface area contributed by atoms with Gasteiger partial charge in [-0.15, -0.1) is 0 Å². The predicted octanol–water partition coefficient (Wildman–Crippen LogP) is -3.01. The molecule has 0 radical (unpaired) electrons. The number of amides is 3. The van der Waals surface area contributed by atoms with Crippen LogP contribution in [-0.2, 0) is 24.0 Å². The molecule has 1 heterocycles. The van der Waals surface area contributed by atoms with E-state index in [9.17, 15) is 34.2 Å². The highest BCUT2D eigenvalue weighted by Crippen LogP contribution is 2.19. The summed E-state index contributed by atoms with van der Waals surface area (Å²) < 4.78 is 0. The smallest absolute Gasteiger partial charge is 0.328 e. The molecule has 176 valence electrons. The quantitative estimate of drug-likeness (QED) is 0.170. The predicted molar refractivity (Wildman–Crippen MR) is 104 cm³/mol. The molecule has 0 bridgehead atoms. The summed E-state index contributed by atoms with van der Waals surface area (Å²) in [5.41, 5.74) is 5.75. The Balaban J connectivity index is 2.86. The van der Waals surface area contributed by atoms with Gasteiger partial charge in [0.2, 0.25) is 17.7 Å². The SMILES string of the molecule is CC(O)C(NC(=O)C(NC(=O)C1CCCN1C(=O)C(N)CCC(=O)O)C(C)O)C(=O)O. The van der Waals surface area contributed by atoms with Crippen molar-refractivity contribution in [3.63, 3.8) is 0 Å². The molecular weight excluding hydrogens is 416 g/mol. The highest BCUT2D eigenvalue weighted by Gasteiger charge is 2.39. The van der Waals surface area contributed by atoms with Gasteiger partial charge in [0.05, 0.1) is 18.2 Å². The fourth-order valence-corrected chi connectivity index (χ4v) is 3.20.